The first kappa shape index (κ1) is 8.02. The normalized spacial score (nSPS) is 27.3. The lowest BCUT2D eigenvalue weighted by Gasteiger charge is -2.23. The van der Waals surface area contributed by atoms with Crippen LogP contribution in [0, 0.1) is 0 Å². The smallest absolute Gasteiger partial charge is 0.0837 e. The van der Waals surface area contributed by atoms with Crippen LogP contribution >= 0.6 is 0 Å². The summed E-state index contributed by atoms with van der Waals surface area (Å²) >= 11 is 0. The lowest BCUT2D eigenvalue weighted by molar-refractivity contribution is -0.0605. The van der Waals surface area contributed by atoms with Gasteiger partial charge < -0.3 is 9.47 Å². The van der Waals surface area contributed by atoms with Crippen molar-refractivity contribution in [3.05, 3.63) is 0 Å². The van der Waals surface area contributed by atoms with E-state index in [1.165, 1.54) is 0 Å². The third-order valence-corrected chi connectivity index (χ3v) is 1.41. The summed E-state index contributed by atoms with van der Waals surface area (Å²) in [5, 5.41) is 0. The molecule has 0 aromatic heterocycles. The third kappa shape index (κ3) is 2.67. The lowest BCUT2D eigenvalue weighted by atomic mass is 10.2. The van der Waals surface area contributed by atoms with Gasteiger partial charge in [-0.1, -0.05) is 0 Å². The zero-order valence-electron chi connectivity index (χ0n) is 7.02. The Balaban J connectivity index is 2.24. The molecule has 0 aliphatic carbocycles. The van der Waals surface area contributed by atoms with Crippen LogP contribution in [0.4, 0.5) is 0 Å². The number of rotatable bonds is 1. The predicted molar refractivity (Wildman–Crippen MR) is 40.1 cm³/mol. The van der Waals surface area contributed by atoms with Crippen LogP contribution in [-0.4, -0.2) is 24.9 Å². The van der Waals surface area contributed by atoms with Gasteiger partial charge in [0.15, 0.2) is 0 Å². The summed E-state index contributed by atoms with van der Waals surface area (Å²) in [6, 6.07) is 0. The van der Waals surface area contributed by atoms with Crippen LogP contribution in [0.2, 0.25) is 0 Å². The molecule has 0 amide bonds. The topological polar surface area (TPSA) is 18.5 Å². The van der Waals surface area contributed by atoms with Gasteiger partial charge in [0.2, 0.25) is 0 Å². The third-order valence-electron chi connectivity index (χ3n) is 1.41. The molecule has 1 aliphatic heterocycles. The molecule has 0 unspecified atom stereocenters. The summed E-state index contributed by atoms with van der Waals surface area (Å²) in [6.45, 7) is 7.86. The molecule has 2 nitrogen and oxygen atoms in total. The van der Waals surface area contributed by atoms with E-state index in [-0.39, 0.29) is 5.60 Å². The van der Waals surface area contributed by atoms with Gasteiger partial charge in [-0.05, 0) is 27.2 Å². The Morgan fingerprint density at radius 1 is 1.40 bits per heavy atom. The summed E-state index contributed by atoms with van der Waals surface area (Å²) in [5.74, 6) is 0. The van der Waals surface area contributed by atoms with Gasteiger partial charge in [0.25, 0.3) is 0 Å². The second-order valence-corrected chi connectivity index (χ2v) is 3.72. The first-order valence-corrected chi connectivity index (χ1v) is 3.83. The van der Waals surface area contributed by atoms with Crippen LogP contribution in [0.1, 0.15) is 27.2 Å². The zero-order chi connectivity index (χ0) is 7.61. The van der Waals surface area contributed by atoms with Gasteiger partial charge in [-0.3, -0.25) is 0 Å². The summed E-state index contributed by atoms with van der Waals surface area (Å²) in [6.07, 6.45) is 1.39. The Morgan fingerprint density at radius 3 is 2.50 bits per heavy atom. The highest BCUT2D eigenvalue weighted by molar-refractivity contribution is 4.69. The van der Waals surface area contributed by atoms with Gasteiger partial charge in [0, 0.05) is 6.61 Å². The van der Waals surface area contributed by atoms with Crippen LogP contribution in [0.5, 0.6) is 0 Å². The molecule has 1 rings (SSSR count). The molecule has 1 aliphatic rings. The van der Waals surface area contributed by atoms with Crippen LogP contribution in [-0.2, 0) is 9.47 Å². The van der Waals surface area contributed by atoms with Crippen molar-refractivity contribution in [3.63, 3.8) is 0 Å². The van der Waals surface area contributed by atoms with Gasteiger partial charge in [0.05, 0.1) is 18.3 Å². The molecule has 1 saturated heterocycles. The standard InChI is InChI=1S/C8H16O2/c1-8(2,3)10-7-4-5-9-6-7/h7H,4-6H2,1-3H3/t7-/m0/s1. The molecule has 0 saturated carbocycles. The Hall–Kier alpha value is -0.0800. The minimum absolute atomic E-state index is 0.0155. The highest BCUT2D eigenvalue weighted by atomic mass is 16.6. The molecule has 1 heterocycles. The summed E-state index contributed by atoms with van der Waals surface area (Å²) < 4.78 is 10.9. The largest absolute Gasteiger partial charge is 0.379 e. The molecule has 60 valence electrons. The second-order valence-electron chi connectivity index (χ2n) is 3.72. The molecule has 1 atom stereocenters. The number of hydrogen-bond donors (Lipinski definition) is 0. The van der Waals surface area contributed by atoms with E-state index in [0.717, 1.165) is 19.6 Å². The lowest BCUT2D eigenvalue weighted by Crippen LogP contribution is -2.27. The van der Waals surface area contributed by atoms with Crippen LogP contribution in [0.15, 0.2) is 0 Å². The summed E-state index contributed by atoms with van der Waals surface area (Å²) in [5.41, 5.74) is -0.0155. The fourth-order valence-electron chi connectivity index (χ4n) is 1.11. The van der Waals surface area contributed by atoms with E-state index >= 15 is 0 Å². The fraction of sp³-hybridized carbons (Fsp3) is 1.00. The second kappa shape index (κ2) is 2.89. The Morgan fingerprint density at radius 2 is 2.10 bits per heavy atom. The van der Waals surface area contributed by atoms with Crippen molar-refractivity contribution < 1.29 is 9.47 Å². The Labute approximate surface area is 62.5 Å². The minimum Gasteiger partial charge on any atom is -0.379 e. The number of hydrogen-bond acceptors (Lipinski definition) is 2. The molecule has 0 N–H and O–H groups in total. The van der Waals surface area contributed by atoms with Gasteiger partial charge in [0.1, 0.15) is 0 Å². The predicted octanol–water partition coefficient (Wildman–Crippen LogP) is 1.59. The monoisotopic (exact) mass is 144 g/mol. The molecule has 0 aromatic carbocycles. The first-order valence-electron chi connectivity index (χ1n) is 3.83. The van der Waals surface area contributed by atoms with Crippen molar-refractivity contribution in [2.45, 2.75) is 38.9 Å². The number of ether oxygens (including phenoxy) is 2. The Bertz CT molecular complexity index is 98.3. The van der Waals surface area contributed by atoms with Crippen molar-refractivity contribution in [2.24, 2.45) is 0 Å². The quantitative estimate of drug-likeness (QED) is 0.556. The summed E-state index contributed by atoms with van der Waals surface area (Å²) in [4.78, 5) is 0. The summed E-state index contributed by atoms with van der Waals surface area (Å²) in [7, 11) is 0. The maximum atomic E-state index is 5.67. The van der Waals surface area contributed by atoms with Gasteiger partial charge >= 0.3 is 0 Å². The van der Waals surface area contributed by atoms with E-state index in [0.29, 0.717) is 6.10 Å². The molecule has 0 bridgehead atoms. The van der Waals surface area contributed by atoms with E-state index in [1.807, 2.05) is 0 Å². The maximum absolute atomic E-state index is 5.67. The molecular formula is C8H16O2. The average Bonchev–Trinajstić information content (AvgIpc) is 2.12. The molecule has 1 fully saturated rings. The SMILES string of the molecule is CC(C)(C)O[C@H]1CCOC1. The Kier molecular flexibility index (Phi) is 2.32. The van der Waals surface area contributed by atoms with Gasteiger partial charge in [-0.15, -0.1) is 0 Å². The van der Waals surface area contributed by atoms with E-state index in [2.05, 4.69) is 20.8 Å². The van der Waals surface area contributed by atoms with E-state index < -0.39 is 0 Å². The molecule has 2 heteroatoms. The fourth-order valence-corrected chi connectivity index (χ4v) is 1.11. The van der Waals surface area contributed by atoms with Crippen molar-refractivity contribution in [1.82, 2.24) is 0 Å². The maximum Gasteiger partial charge on any atom is 0.0837 e. The van der Waals surface area contributed by atoms with Crippen LogP contribution < -0.4 is 0 Å². The van der Waals surface area contributed by atoms with Crippen molar-refractivity contribution in [3.8, 4) is 0 Å². The highest BCUT2D eigenvalue weighted by Gasteiger charge is 2.22. The highest BCUT2D eigenvalue weighted by Crippen LogP contribution is 2.16. The van der Waals surface area contributed by atoms with E-state index in [4.69, 9.17) is 9.47 Å². The van der Waals surface area contributed by atoms with Gasteiger partial charge in [-0.2, -0.15) is 0 Å². The minimum atomic E-state index is -0.0155. The van der Waals surface area contributed by atoms with Crippen molar-refractivity contribution in [1.29, 1.82) is 0 Å². The molecule has 0 aromatic rings. The molecule has 0 radical (unpaired) electrons. The first-order chi connectivity index (χ1) is 4.58. The van der Waals surface area contributed by atoms with Crippen molar-refractivity contribution in [2.75, 3.05) is 13.2 Å². The van der Waals surface area contributed by atoms with Crippen LogP contribution in [0.3, 0.4) is 0 Å². The van der Waals surface area contributed by atoms with Crippen molar-refractivity contribution >= 4 is 0 Å². The van der Waals surface area contributed by atoms with E-state index in [1.54, 1.807) is 0 Å². The van der Waals surface area contributed by atoms with E-state index in [9.17, 15) is 0 Å². The molecule has 0 spiro atoms. The van der Waals surface area contributed by atoms with Crippen LogP contribution in [0.25, 0.3) is 0 Å². The molecular weight excluding hydrogens is 128 g/mol. The zero-order valence-corrected chi connectivity index (χ0v) is 7.02. The van der Waals surface area contributed by atoms with Gasteiger partial charge in [-0.25, -0.2) is 0 Å². The molecule has 10 heavy (non-hydrogen) atoms. The average molecular weight is 144 g/mol.